The molecule has 0 saturated heterocycles. The highest BCUT2D eigenvalue weighted by atomic mass is 127. The second-order valence-corrected chi connectivity index (χ2v) is 4.11. The maximum absolute atomic E-state index is 8.59. The molecule has 0 aliphatic carbocycles. The van der Waals surface area contributed by atoms with Crippen LogP contribution in [0.4, 0.5) is 0 Å². The molecule has 0 aliphatic heterocycles. The van der Waals surface area contributed by atoms with Gasteiger partial charge in [0, 0.05) is 31.3 Å². The molecule has 2 aromatic rings. The van der Waals surface area contributed by atoms with Crippen LogP contribution in [0.2, 0.25) is 0 Å². The Morgan fingerprint density at radius 3 is 3.00 bits per heavy atom. The average Bonchev–Trinajstić information content (AvgIpc) is 2.75. The topological polar surface area (TPSA) is 67.6 Å². The van der Waals surface area contributed by atoms with Gasteiger partial charge >= 0.3 is 0 Å². The normalized spacial score (nSPS) is 10.2. The first-order valence-corrected chi connectivity index (χ1v) is 5.30. The lowest BCUT2D eigenvalue weighted by Crippen LogP contribution is -1.86. The highest BCUT2D eigenvalue weighted by Crippen LogP contribution is 2.15. The summed E-state index contributed by atoms with van der Waals surface area (Å²) < 4.78 is 7.69. The van der Waals surface area contributed by atoms with Crippen molar-refractivity contribution in [3.8, 4) is 6.07 Å². The van der Waals surface area contributed by atoms with Gasteiger partial charge in [0.15, 0.2) is 5.69 Å². The highest BCUT2D eigenvalue weighted by Gasteiger charge is 2.09. The molecule has 0 fully saturated rings. The van der Waals surface area contributed by atoms with Crippen molar-refractivity contribution in [3.05, 3.63) is 33.0 Å². The van der Waals surface area contributed by atoms with Crippen molar-refractivity contribution in [2.24, 2.45) is 7.05 Å². The van der Waals surface area contributed by atoms with E-state index in [4.69, 9.17) is 9.78 Å². The number of nitriles is 1. The number of halogens is 1. The number of aromatic nitrogens is 3. The summed E-state index contributed by atoms with van der Waals surface area (Å²) >= 11 is 2.17. The molecule has 0 aliphatic rings. The number of aryl methyl sites for hydroxylation is 1. The smallest absolute Gasteiger partial charge is 0.183 e. The van der Waals surface area contributed by atoms with Gasteiger partial charge in [0.05, 0.1) is 0 Å². The van der Waals surface area contributed by atoms with Crippen molar-refractivity contribution in [3.63, 3.8) is 0 Å². The molecule has 0 aromatic carbocycles. The first kappa shape index (κ1) is 10.2. The molecule has 2 heterocycles. The van der Waals surface area contributed by atoms with E-state index in [1.807, 2.05) is 19.3 Å². The van der Waals surface area contributed by atoms with E-state index in [0.717, 1.165) is 9.26 Å². The molecular weight excluding hydrogens is 307 g/mol. The zero-order chi connectivity index (χ0) is 10.8. The van der Waals surface area contributed by atoms with E-state index in [0.29, 0.717) is 17.9 Å². The van der Waals surface area contributed by atoms with E-state index in [9.17, 15) is 0 Å². The molecular formula is C9H7IN4O. The predicted molar refractivity (Wildman–Crippen MR) is 59.9 cm³/mol. The van der Waals surface area contributed by atoms with E-state index in [1.165, 1.54) is 0 Å². The van der Waals surface area contributed by atoms with Crippen LogP contribution in [-0.2, 0) is 13.5 Å². The second-order valence-electron chi connectivity index (χ2n) is 3.09. The predicted octanol–water partition coefficient (Wildman–Crippen LogP) is 1.48. The molecule has 76 valence electrons. The zero-order valence-corrected chi connectivity index (χ0v) is 10.1. The molecule has 0 bridgehead atoms. The molecule has 0 radical (unpaired) electrons. The first-order chi connectivity index (χ1) is 7.19. The van der Waals surface area contributed by atoms with Crippen LogP contribution in [0.15, 0.2) is 16.8 Å². The van der Waals surface area contributed by atoms with Crippen LogP contribution in [-0.4, -0.2) is 14.9 Å². The minimum absolute atomic E-state index is 0.309. The second kappa shape index (κ2) is 4.02. The fourth-order valence-electron chi connectivity index (χ4n) is 1.27. The molecule has 0 atom stereocenters. The minimum atomic E-state index is 0.309. The van der Waals surface area contributed by atoms with Crippen LogP contribution >= 0.6 is 22.6 Å². The lowest BCUT2D eigenvalue weighted by Gasteiger charge is -1.90. The van der Waals surface area contributed by atoms with Gasteiger partial charge in [-0.3, -0.25) is 4.68 Å². The summed E-state index contributed by atoms with van der Waals surface area (Å²) in [4.78, 5) is 0. The van der Waals surface area contributed by atoms with Crippen LogP contribution < -0.4 is 0 Å². The van der Waals surface area contributed by atoms with Crippen molar-refractivity contribution >= 4 is 22.6 Å². The minimum Gasteiger partial charge on any atom is -0.360 e. The third kappa shape index (κ3) is 2.18. The van der Waals surface area contributed by atoms with Crippen molar-refractivity contribution in [1.29, 1.82) is 5.26 Å². The van der Waals surface area contributed by atoms with Gasteiger partial charge in [0.1, 0.15) is 15.5 Å². The fourth-order valence-corrected chi connectivity index (χ4v) is 1.94. The maximum Gasteiger partial charge on any atom is 0.183 e. The lowest BCUT2D eigenvalue weighted by atomic mass is 10.2. The molecule has 2 aromatic heterocycles. The Balaban J connectivity index is 2.22. The Bertz CT molecular complexity index is 522. The Morgan fingerprint density at radius 2 is 2.47 bits per heavy atom. The van der Waals surface area contributed by atoms with E-state index in [-0.39, 0.29) is 0 Å². The van der Waals surface area contributed by atoms with Gasteiger partial charge in [-0.05, 0) is 22.6 Å². The van der Waals surface area contributed by atoms with Gasteiger partial charge < -0.3 is 4.52 Å². The molecule has 0 spiro atoms. The van der Waals surface area contributed by atoms with E-state index < -0.39 is 0 Å². The van der Waals surface area contributed by atoms with Crippen molar-refractivity contribution in [2.75, 3.05) is 0 Å². The molecule has 0 saturated carbocycles. The molecule has 0 unspecified atom stereocenters. The Hall–Kier alpha value is -1.36. The third-order valence-corrected chi connectivity index (χ3v) is 2.80. The van der Waals surface area contributed by atoms with E-state index in [2.05, 4.69) is 32.8 Å². The highest BCUT2D eigenvalue weighted by molar-refractivity contribution is 14.1. The summed E-state index contributed by atoms with van der Waals surface area (Å²) in [6.45, 7) is 0. The fraction of sp³-hybridized carbons (Fsp3) is 0.222. The molecule has 0 amide bonds. The van der Waals surface area contributed by atoms with Crippen molar-refractivity contribution in [2.45, 2.75) is 6.42 Å². The molecule has 2 rings (SSSR count). The monoisotopic (exact) mass is 314 g/mol. The van der Waals surface area contributed by atoms with Crippen LogP contribution in [0, 0.1) is 15.0 Å². The SMILES string of the molecule is Cn1cc(Cc2cc(C#N)no2)c(I)n1. The van der Waals surface area contributed by atoms with Gasteiger partial charge in [0.25, 0.3) is 0 Å². The Morgan fingerprint density at radius 1 is 1.67 bits per heavy atom. The van der Waals surface area contributed by atoms with Crippen LogP contribution in [0.25, 0.3) is 0 Å². The molecule has 5 nitrogen and oxygen atoms in total. The summed E-state index contributed by atoms with van der Waals surface area (Å²) in [7, 11) is 1.87. The van der Waals surface area contributed by atoms with Crippen molar-refractivity contribution in [1.82, 2.24) is 14.9 Å². The third-order valence-electron chi connectivity index (χ3n) is 1.89. The summed E-state index contributed by atoms with van der Waals surface area (Å²) in [6.07, 6.45) is 2.54. The van der Waals surface area contributed by atoms with Crippen LogP contribution in [0.5, 0.6) is 0 Å². The largest absolute Gasteiger partial charge is 0.360 e. The van der Waals surface area contributed by atoms with E-state index in [1.54, 1.807) is 10.7 Å². The zero-order valence-electron chi connectivity index (χ0n) is 7.94. The summed E-state index contributed by atoms with van der Waals surface area (Å²) in [5.41, 5.74) is 1.38. The van der Waals surface area contributed by atoms with Gasteiger partial charge in [-0.1, -0.05) is 5.16 Å². The summed E-state index contributed by atoms with van der Waals surface area (Å²) in [6, 6.07) is 3.57. The Kier molecular flexibility index (Phi) is 2.73. The summed E-state index contributed by atoms with van der Waals surface area (Å²) in [5.74, 6) is 0.678. The average molecular weight is 314 g/mol. The van der Waals surface area contributed by atoms with Crippen LogP contribution in [0.3, 0.4) is 0 Å². The molecule has 6 heteroatoms. The molecule has 15 heavy (non-hydrogen) atoms. The van der Waals surface area contributed by atoms with Gasteiger partial charge in [-0.15, -0.1) is 0 Å². The number of hydrogen-bond donors (Lipinski definition) is 0. The van der Waals surface area contributed by atoms with Crippen molar-refractivity contribution < 1.29 is 4.52 Å². The number of hydrogen-bond acceptors (Lipinski definition) is 4. The number of rotatable bonds is 2. The summed E-state index contributed by atoms with van der Waals surface area (Å²) in [5, 5.41) is 16.4. The maximum atomic E-state index is 8.59. The van der Waals surface area contributed by atoms with Gasteiger partial charge in [0.2, 0.25) is 0 Å². The first-order valence-electron chi connectivity index (χ1n) is 4.23. The number of nitrogens with zero attached hydrogens (tertiary/aromatic N) is 4. The standard InChI is InChI=1S/C9H7IN4O/c1-14-5-6(9(10)12-14)2-8-3-7(4-11)13-15-8/h3,5H,2H2,1H3. The van der Waals surface area contributed by atoms with Gasteiger partial charge in [-0.25, -0.2) is 0 Å². The van der Waals surface area contributed by atoms with E-state index >= 15 is 0 Å². The Labute approximate surface area is 99.8 Å². The van der Waals surface area contributed by atoms with Crippen LogP contribution in [0.1, 0.15) is 17.0 Å². The quantitative estimate of drug-likeness (QED) is 0.787. The molecule has 0 N–H and O–H groups in total. The lowest BCUT2D eigenvalue weighted by molar-refractivity contribution is 0.388. The van der Waals surface area contributed by atoms with Gasteiger partial charge in [-0.2, -0.15) is 10.4 Å².